The molecule has 0 unspecified atom stereocenters. The van der Waals surface area contributed by atoms with Crippen LogP contribution in [-0.2, 0) is 11.3 Å². The summed E-state index contributed by atoms with van der Waals surface area (Å²) in [6.07, 6.45) is 0. The molecule has 2 rings (SSSR count). The van der Waals surface area contributed by atoms with Crippen molar-refractivity contribution >= 4 is 29.9 Å². The Morgan fingerprint density at radius 3 is 2.22 bits per heavy atom. The average molecular weight is 334 g/mol. The number of amides is 2. The van der Waals surface area contributed by atoms with Gasteiger partial charge in [0.2, 0.25) is 5.91 Å². The van der Waals surface area contributed by atoms with E-state index in [4.69, 9.17) is 5.73 Å². The monoisotopic (exact) mass is 333 g/mol. The van der Waals surface area contributed by atoms with E-state index in [-0.39, 0.29) is 24.2 Å². The Kier molecular flexibility index (Phi) is 7.25. The van der Waals surface area contributed by atoms with Crippen LogP contribution in [0.1, 0.15) is 22.8 Å². The lowest BCUT2D eigenvalue weighted by Gasteiger charge is -2.14. The molecular weight excluding hydrogens is 314 g/mol. The first kappa shape index (κ1) is 18.7. The molecule has 0 spiro atoms. The highest BCUT2D eigenvalue weighted by Crippen LogP contribution is 2.07. The second-order valence-corrected chi connectivity index (χ2v) is 4.95. The highest BCUT2D eigenvalue weighted by atomic mass is 35.5. The molecule has 0 fully saturated rings. The fraction of sp³-hybridized carbons (Fsp3) is 0.176. The average Bonchev–Trinajstić information content (AvgIpc) is 2.55. The van der Waals surface area contributed by atoms with E-state index < -0.39 is 6.04 Å². The first-order chi connectivity index (χ1) is 10.6. The molecule has 0 aliphatic heterocycles. The van der Waals surface area contributed by atoms with Crippen LogP contribution in [0.3, 0.4) is 0 Å². The molecule has 122 valence electrons. The van der Waals surface area contributed by atoms with Crippen molar-refractivity contribution in [3.63, 3.8) is 0 Å². The number of nitrogens with two attached hydrogens (primary N) is 1. The lowest BCUT2D eigenvalue weighted by atomic mass is 10.1. The number of anilines is 1. The van der Waals surface area contributed by atoms with Crippen molar-refractivity contribution in [2.75, 3.05) is 5.32 Å². The summed E-state index contributed by atoms with van der Waals surface area (Å²) in [6, 6.07) is 15.4. The lowest BCUT2D eigenvalue weighted by Crippen LogP contribution is -2.41. The number of hydrogen-bond acceptors (Lipinski definition) is 3. The number of carbonyl (C=O) groups is 2. The van der Waals surface area contributed by atoms with Crippen LogP contribution < -0.4 is 16.4 Å². The molecule has 1 atom stereocenters. The Labute approximate surface area is 141 Å². The third-order valence-electron chi connectivity index (χ3n) is 3.23. The Morgan fingerprint density at radius 2 is 1.65 bits per heavy atom. The van der Waals surface area contributed by atoms with Gasteiger partial charge >= 0.3 is 0 Å². The van der Waals surface area contributed by atoms with Crippen molar-refractivity contribution in [1.29, 1.82) is 0 Å². The summed E-state index contributed by atoms with van der Waals surface area (Å²) in [7, 11) is 0. The molecule has 2 aromatic carbocycles. The molecule has 2 amide bonds. The summed E-state index contributed by atoms with van der Waals surface area (Å²) < 4.78 is 0. The molecule has 4 N–H and O–H groups in total. The van der Waals surface area contributed by atoms with Gasteiger partial charge in [-0.1, -0.05) is 30.3 Å². The zero-order valence-electron chi connectivity index (χ0n) is 12.8. The van der Waals surface area contributed by atoms with Crippen LogP contribution in [0.4, 0.5) is 5.69 Å². The summed E-state index contributed by atoms with van der Waals surface area (Å²) in [6.45, 7) is 2.07. The topological polar surface area (TPSA) is 84.2 Å². The quantitative estimate of drug-likeness (QED) is 0.785. The second-order valence-electron chi connectivity index (χ2n) is 4.95. The smallest absolute Gasteiger partial charge is 0.251 e. The number of carbonyl (C=O) groups excluding carboxylic acids is 2. The molecule has 23 heavy (non-hydrogen) atoms. The number of nitrogens with one attached hydrogen (secondary N) is 2. The van der Waals surface area contributed by atoms with Crippen molar-refractivity contribution < 1.29 is 9.59 Å². The van der Waals surface area contributed by atoms with Gasteiger partial charge in [0.15, 0.2) is 0 Å². The van der Waals surface area contributed by atoms with E-state index in [1.165, 1.54) is 0 Å². The van der Waals surface area contributed by atoms with Gasteiger partial charge in [0, 0.05) is 17.8 Å². The van der Waals surface area contributed by atoms with Gasteiger partial charge in [0.05, 0.1) is 0 Å². The van der Waals surface area contributed by atoms with Crippen molar-refractivity contribution in [2.24, 2.45) is 5.73 Å². The van der Waals surface area contributed by atoms with E-state index in [0.717, 1.165) is 5.56 Å². The predicted molar refractivity (Wildman–Crippen MR) is 93.6 cm³/mol. The van der Waals surface area contributed by atoms with Gasteiger partial charge in [0.1, 0.15) is 6.04 Å². The van der Waals surface area contributed by atoms with Crippen molar-refractivity contribution in [1.82, 2.24) is 5.32 Å². The Bertz CT molecular complexity index is 645. The summed E-state index contributed by atoms with van der Waals surface area (Å²) >= 11 is 0. The van der Waals surface area contributed by atoms with Gasteiger partial charge in [-0.3, -0.25) is 9.59 Å². The van der Waals surface area contributed by atoms with Crippen LogP contribution in [0.5, 0.6) is 0 Å². The first-order valence-corrected chi connectivity index (χ1v) is 7.06. The van der Waals surface area contributed by atoms with Crippen LogP contribution in [0.15, 0.2) is 54.6 Å². The minimum atomic E-state index is -0.637. The van der Waals surface area contributed by atoms with Crippen LogP contribution in [0, 0.1) is 0 Å². The van der Waals surface area contributed by atoms with Crippen molar-refractivity contribution in [3.05, 3.63) is 65.7 Å². The van der Waals surface area contributed by atoms with Gasteiger partial charge in [-0.25, -0.2) is 0 Å². The van der Waals surface area contributed by atoms with Crippen LogP contribution >= 0.6 is 12.4 Å². The molecule has 0 heterocycles. The maximum Gasteiger partial charge on any atom is 0.251 e. The number of hydrogen-bond donors (Lipinski definition) is 3. The summed E-state index contributed by atoms with van der Waals surface area (Å²) in [5.74, 6) is -0.558. The van der Waals surface area contributed by atoms with Crippen LogP contribution in [-0.4, -0.2) is 17.9 Å². The fourth-order valence-corrected chi connectivity index (χ4v) is 1.91. The van der Waals surface area contributed by atoms with Gasteiger partial charge in [-0.2, -0.15) is 0 Å². The van der Waals surface area contributed by atoms with E-state index in [1.54, 1.807) is 43.3 Å². The third kappa shape index (κ3) is 5.39. The lowest BCUT2D eigenvalue weighted by molar-refractivity contribution is -0.117. The fourth-order valence-electron chi connectivity index (χ4n) is 1.91. The summed E-state index contributed by atoms with van der Waals surface area (Å²) in [5, 5.41) is 5.42. The zero-order chi connectivity index (χ0) is 15.9. The maximum atomic E-state index is 12.1. The summed E-state index contributed by atoms with van der Waals surface area (Å²) in [4.78, 5) is 24.1. The number of benzene rings is 2. The third-order valence-corrected chi connectivity index (χ3v) is 3.23. The maximum absolute atomic E-state index is 12.1. The minimum Gasteiger partial charge on any atom is -0.341 e. The minimum absolute atomic E-state index is 0. The molecule has 0 aliphatic carbocycles. The standard InChI is InChI=1S/C17H19N3O2.ClH/c1-12(16(21)20-15-5-3-2-4-6-15)19-17(22)14-9-7-13(11-18)8-10-14;/h2-10,12H,11,18H2,1H3,(H,19,22)(H,20,21);1H/t12-;/m0./s1. The normalized spacial score (nSPS) is 11.0. The number of para-hydroxylation sites is 1. The van der Waals surface area contributed by atoms with E-state index in [2.05, 4.69) is 10.6 Å². The molecule has 2 aromatic rings. The number of halogens is 1. The van der Waals surface area contributed by atoms with Crippen molar-refractivity contribution in [2.45, 2.75) is 19.5 Å². The van der Waals surface area contributed by atoms with Crippen LogP contribution in [0.25, 0.3) is 0 Å². The highest BCUT2D eigenvalue weighted by molar-refractivity contribution is 6.00. The largest absolute Gasteiger partial charge is 0.341 e. The molecule has 6 heteroatoms. The predicted octanol–water partition coefficient (Wildman–Crippen LogP) is 2.32. The molecule has 0 saturated heterocycles. The Morgan fingerprint density at radius 1 is 1.04 bits per heavy atom. The molecular formula is C17H20ClN3O2. The Hall–Kier alpha value is -2.37. The molecule has 0 aromatic heterocycles. The van der Waals surface area contributed by atoms with E-state index in [1.807, 2.05) is 18.2 Å². The molecule has 0 bridgehead atoms. The van der Waals surface area contributed by atoms with Crippen molar-refractivity contribution in [3.8, 4) is 0 Å². The molecule has 0 saturated carbocycles. The SMILES string of the molecule is C[C@H](NC(=O)c1ccc(CN)cc1)C(=O)Nc1ccccc1.Cl. The number of rotatable bonds is 5. The second kappa shape index (κ2) is 8.92. The highest BCUT2D eigenvalue weighted by Gasteiger charge is 2.16. The molecule has 5 nitrogen and oxygen atoms in total. The van der Waals surface area contributed by atoms with E-state index in [9.17, 15) is 9.59 Å². The molecule has 0 radical (unpaired) electrons. The zero-order valence-corrected chi connectivity index (χ0v) is 13.6. The van der Waals surface area contributed by atoms with Crippen LogP contribution in [0.2, 0.25) is 0 Å². The first-order valence-electron chi connectivity index (χ1n) is 7.06. The van der Waals surface area contributed by atoms with Gasteiger partial charge in [0.25, 0.3) is 5.91 Å². The summed E-state index contributed by atoms with van der Waals surface area (Å²) in [5.41, 5.74) is 7.66. The van der Waals surface area contributed by atoms with Gasteiger partial charge in [-0.15, -0.1) is 12.4 Å². The van der Waals surface area contributed by atoms with Gasteiger partial charge < -0.3 is 16.4 Å². The van der Waals surface area contributed by atoms with E-state index in [0.29, 0.717) is 17.8 Å². The van der Waals surface area contributed by atoms with Gasteiger partial charge in [-0.05, 0) is 36.8 Å². The Balaban J connectivity index is 0.00000264. The molecule has 0 aliphatic rings. The van der Waals surface area contributed by atoms with E-state index >= 15 is 0 Å².